The van der Waals surface area contributed by atoms with Crippen molar-refractivity contribution >= 4 is 100 Å². The van der Waals surface area contributed by atoms with Gasteiger partial charge in [-0.25, -0.2) is 0 Å². The molecule has 0 amide bonds. The summed E-state index contributed by atoms with van der Waals surface area (Å²) in [6.07, 6.45) is -1.15. The molecule has 5 nitrogen and oxygen atoms in total. The van der Waals surface area contributed by atoms with Crippen molar-refractivity contribution in [3.05, 3.63) is 186 Å². The second kappa shape index (κ2) is 12.1. The van der Waals surface area contributed by atoms with Gasteiger partial charge in [0.25, 0.3) is 0 Å². The molecule has 0 saturated carbocycles. The zero-order valence-electron chi connectivity index (χ0n) is 57.5. The van der Waals surface area contributed by atoms with Gasteiger partial charge in [0.15, 0.2) is 5.58 Å². The summed E-state index contributed by atoms with van der Waals surface area (Å²) in [6, 6.07) is -25.2. The second-order valence-electron chi connectivity index (χ2n) is 12.5. The number of anilines is 6. The summed E-state index contributed by atoms with van der Waals surface area (Å²) in [5, 5.41) is -3.72. The highest BCUT2D eigenvalue weighted by atomic mass is 35.5. The van der Waals surface area contributed by atoms with Crippen molar-refractivity contribution in [2.45, 2.75) is 6.92 Å². The average molecular weight is 783 g/mol. The number of hydrogen-bond donors (Lipinski definition) is 0. The number of fused-ring (bicyclic) bond motifs is 9. The van der Waals surface area contributed by atoms with E-state index in [1.54, 1.807) is 0 Å². The van der Waals surface area contributed by atoms with Crippen LogP contribution in [0, 0.1) is 6.92 Å². The number of aromatic nitrogens is 1. The summed E-state index contributed by atoms with van der Waals surface area (Å²) in [6.45, 7) is 1.15. The van der Waals surface area contributed by atoms with Gasteiger partial charge < -0.3 is 23.2 Å². The van der Waals surface area contributed by atoms with E-state index in [-0.39, 0.29) is 0 Å². The normalized spacial score (nSPS) is 19.5. The van der Waals surface area contributed by atoms with Gasteiger partial charge in [0.1, 0.15) is 18.8 Å². The van der Waals surface area contributed by atoms with Crippen molar-refractivity contribution in [1.29, 1.82) is 0 Å². The molecular formula is C51H32ClN3O2. The topological polar surface area (TPSA) is 37.7 Å². The summed E-state index contributed by atoms with van der Waals surface area (Å²) in [7, 11) is 0. The minimum absolute atomic E-state index is 0.426. The molecule has 11 aromatic rings. The van der Waals surface area contributed by atoms with Crippen LogP contribution in [0.1, 0.15) is 45.3 Å². The first-order valence-corrected chi connectivity index (χ1v) is 17.1. The molecule has 0 unspecified atom stereocenters. The first kappa shape index (κ1) is 14.7. The Morgan fingerprint density at radius 3 is 2.14 bits per heavy atom. The van der Waals surface area contributed by atoms with Crippen LogP contribution in [0.4, 0.5) is 34.1 Å². The van der Waals surface area contributed by atoms with E-state index in [1.165, 1.54) is 0 Å². The first-order valence-electron chi connectivity index (χ1n) is 31.3. The number of benzene rings is 8. The maximum Gasteiger partial charge on any atom is 0.159 e. The van der Waals surface area contributed by atoms with Gasteiger partial charge in [0.05, 0.1) is 94.2 Å². The van der Waals surface area contributed by atoms with Crippen LogP contribution in [0.25, 0.3) is 71.5 Å². The largest absolute Gasteiger partial charge is 0.462 e. The zero-order chi connectivity index (χ0) is 63.0. The Morgan fingerprint density at radius 1 is 0.526 bits per heavy atom. The van der Waals surface area contributed by atoms with Crippen molar-refractivity contribution in [2.24, 2.45) is 0 Å². The monoisotopic (exact) mass is 782 g/mol. The van der Waals surface area contributed by atoms with Gasteiger partial charge in [0.2, 0.25) is 0 Å². The molecular weight excluding hydrogens is 722 g/mol. The lowest BCUT2D eigenvalue weighted by molar-refractivity contribution is 0.616. The predicted molar refractivity (Wildman–Crippen MR) is 236 cm³/mol. The van der Waals surface area contributed by atoms with Gasteiger partial charge >= 0.3 is 0 Å². The van der Waals surface area contributed by atoms with Crippen LogP contribution >= 0.6 is 11.6 Å². The minimum atomic E-state index is -1.15. The van der Waals surface area contributed by atoms with E-state index >= 15 is 0 Å². The Balaban J connectivity index is 1.34. The Labute approximate surface area is 373 Å². The molecule has 0 radical (unpaired) electrons. The van der Waals surface area contributed by atoms with Crippen molar-refractivity contribution < 1.29 is 48.6 Å². The standard InChI is InChI=1S/C51H32ClN3O2/c1-31-27-44(53-40-20-8-9-21-41(40)55-39-19-7-5-15-34(39)36-17-11-22-42(53)50(36)55)49(52)45(28-31)54(43-23-12-18-37-35-16-6-10-24-48(35)57-51(37)43)46-30-56-47-26-25-33(29-38(46)47)32-13-3-2-4-14-32/h2-30H,1H3/i2D,3D,4D,5D,6D,7D,8D,9D,10D,11D,12D,13D,14D,15D,16D,17D,18D,19D,20D,21D,22D,23D,24D,25D,26D,27D,28D,29D,30D. The minimum Gasteiger partial charge on any atom is -0.462 e. The Hall–Kier alpha value is -7.21. The lowest BCUT2D eigenvalue weighted by Crippen LogP contribution is -2.19. The highest BCUT2D eigenvalue weighted by molar-refractivity contribution is 6.37. The van der Waals surface area contributed by atoms with E-state index in [2.05, 4.69) is 0 Å². The quantitative estimate of drug-likeness (QED) is 0.174. The van der Waals surface area contributed by atoms with Crippen molar-refractivity contribution in [2.75, 3.05) is 9.80 Å². The summed E-state index contributed by atoms with van der Waals surface area (Å²) >= 11 is 7.76. The second-order valence-corrected chi connectivity index (χ2v) is 12.9. The molecule has 1 aliphatic heterocycles. The SMILES string of the molecule is [2H]c1oc2c([2H])c([2H])c(-c3c([2H])c([2H])c([2H])c([2H])c3[2H])c([2H])c2c1N(c1c([2H])c(C)c([2H])c(N2c3c([2H])c([2H])c([2H])c([2H])c3-n3c4c([2H])c([2H])c([2H])c([2H])c4c4c([2H])c([2H])c([2H])c2c43)c1Cl)c1c([2H])c([2H])c([2H])c2c1oc1c([2H])c([2H])c([2H])c([2H])c12. The molecule has 0 saturated heterocycles. The molecule has 1 aliphatic rings. The van der Waals surface area contributed by atoms with Crippen LogP contribution in [0.2, 0.25) is 5.02 Å². The highest BCUT2D eigenvalue weighted by Gasteiger charge is 2.32. The van der Waals surface area contributed by atoms with Crippen molar-refractivity contribution in [3.63, 3.8) is 0 Å². The molecule has 0 bridgehead atoms. The van der Waals surface area contributed by atoms with Crippen LogP contribution in [0.5, 0.6) is 0 Å². The van der Waals surface area contributed by atoms with Gasteiger partial charge in [-0.1, -0.05) is 120 Å². The summed E-state index contributed by atoms with van der Waals surface area (Å²) in [5.41, 5.74) is -10.7. The maximum absolute atomic E-state index is 10.0. The van der Waals surface area contributed by atoms with Gasteiger partial charge in [-0.3, -0.25) is 0 Å². The van der Waals surface area contributed by atoms with E-state index in [0.717, 1.165) is 16.4 Å². The van der Waals surface area contributed by atoms with Crippen LogP contribution in [-0.4, -0.2) is 4.57 Å². The third kappa shape index (κ3) is 4.64. The molecule has 0 atom stereocenters. The molecule has 6 heteroatoms. The van der Waals surface area contributed by atoms with E-state index in [0.29, 0.717) is 4.90 Å². The molecule has 270 valence electrons. The number of rotatable bonds is 5. The highest BCUT2D eigenvalue weighted by Crippen LogP contribution is 2.55. The molecule has 12 rings (SSSR count). The van der Waals surface area contributed by atoms with E-state index < -0.39 is 292 Å². The van der Waals surface area contributed by atoms with Crippen molar-refractivity contribution in [1.82, 2.24) is 4.57 Å². The fourth-order valence-corrected chi connectivity index (χ4v) is 7.33. The summed E-state index contributed by atoms with van der Waals surface area (Å²) in [5.74, 6) is 0. The van der Waals surface area contributed by atoms with Crippen LogP contribution in [-0.2, 0) is 0 Å². The molecule has 0 aliphatic carbocycles. The number of nitrogens with zero attached hydrogens (tertiary/aromatic N) is 3. The molecule has 0 fully saturated rings. The van der Waals surface area contributed by atoms with Crippen molar-refractivity contribution in [3.8, 4) is 16.8 Å². The Kier molecular flexibility index (Phi) is 3.13. The Morgan fingerprint density at radius 2 is 1.25 bits per heavy atom. The molecule has 0 spiro atoms. The molecule has 57 heavy (non-hydrogen) atoms. The molecule has 8 aromatic carbocycles. The summed E-state index contributed by atoms with van der Waals surface area (Å²) < 4.78 is 278. The third-order valence-corrected chi connectivity index (χ3v) is 9.73. The maximum atomic E-state index is 10.0. The lowest BCUT2D eigenvalue weighted by atomic mass is 10.0. The van der Waals surface area contributed by atoms with Crippen LogP contribution < -0.4 is 9.80 Å². The fourth-order valence-electron chi connectivity index (χ4n) is 7.07. The summed E-state index contributed by atoms with van der Waals surface area (Å²) in [4.78, 5) is 1.46. The third-order valence-electron chi connectivity index (χ3n) is 9.37. The molecule has 4 heterocycles. The van der Waals surface area contributed by atoms with Crippen LogP contribution in [0.15, 0.2) is 184 Å². The average Bonchev–Trinajstić information content (AvgIpc) is 1.43. The number of halogens is 1. The first-order chi connectivity index (χ1) is 40.2. The fraction of sp³-hybridized carbons (Fsp3) is 0.0196. The molecule has 0 N–H and O–H groups in total. The smallest absolute Gasteiger partial charge is 0.159 e. The number of para-hydroxylation sites is 6. The van der Waals surface area contributed by atoms with Gasteiger partial charge in [-0.05, 0) is 84.0 Å². The Bertz CT molecular complexity index is 5080. The van der Waals surface area contributed by atoms with E-state index in [1.807, 2.05) is 0 Å². The van der Waals surface area contributed by atoms with Gasteiger partial charge in [0, 0.05) is 26.9 Å². The zero-order valence-corrected chi connectivity index (χ0v) is 29.3. The van der Waals surface area contributed by atoms with Gasteiger partial charge in [-0.2, -0.15) is 0 Å². The predicted octanol–water partition coefficient (Wildman–Crippen LogP) is 15.3. The number of hydrogen-bond acceptors (Lipinski definition) is 4. The van der Waals surface area contributed by atoms with Gasteiger partial charge in [-0.15, -0.1) is 0 Å². The lowest BCUT2D eigenvalue weighted by Gasteiger charge is -2.35. The van der Waals surface area contributed by atoms with Crippen LogP contribution in [0.3, 0.4) is 0 Å². The van der Waals surface area contributed by atoms with E-state index in [4.69, 9.17) is 42.4 Å². The van der Waals surface area contributed by atoms with E-state index in [9.17, 15) is 17.8 Å². The number of furan rings is 2. The molecule has 3 aromatic heterocycles.